The number of hydrogen-bond donors (Lipinski definition) is 1. The molecule has 1 aliphatic heterocycles. The largest absolute Gasteiger partial charge is 0.307 e. The summed E-state index contributed by atoms with van der Waals surface area (Å²) in [4.78, 5) is 6.94. The van der Waals surface area contributed by atoms with E-state index in [1.807, 2.05) is 12.3 Å². The molecule has 1 N–H and O–H groups in total. The first-order valence-electron chi connectivity index (χ1n) is 6.41. The minimum absolute atomic E-state index is 0.500. The predicted molar refractivity (Wildman–Crippen MR) is 81.6 cm³/mol. The SMILES string of the molecule is CC(CN1CCCC1)NCc1ncc(Br)cc1Br. The van der Waals surface area contributed by atoms with Gasteiger partial charge in [-0.3, -0.25) is 4.98 Å². The minimum atomic E-state index is 0.500. The number of halogens is 2. The van der Waals surface area contributed by atoms with Crippen LogP contribution in [0.3, 0.4) is 0 Å². The fourth-order valence-electron chi connectivity index (χ4n) is 2.26. The molecular formula is C13H19Br2N3. The average Bonchev–Trinajstić information content (AvgIpc) is 2.80. The van der Waals surface area contributed by atoms with Gasteiger partial charge in [-0.15, -0.1) is 0 Å². The van der Waals surface area contributed by atoms with Crippen molar-refractivity contribution in [2.45, 2.75) is 32.4 Å². The van der Waals surface area contributed by atoms with Crippen LogP contribution >= 0.6 is 31.9 Å². The van der Waals surface area contributed by atoms with Crippen LogP contribution in [0.2, 0.25) is 0 Å². The topological polar surface area (TPSA) is 28.2 Å². The zero-order chi connectivity index (χ0) is 13.0. The number of aromatic nitrogens is 1. The van der Waals surface area contributed by atoms with Gasteiger partial charge in [-0.1, -0.05) is 0 Å². The Morgan fingerprint density at radius 1 is 1.39 bits per heavy atom. The van der Waals surface area contributed by atoms with Crippen LogP contribution in [0, 0.1) is 0 Å². The molecule has 0 spiro atoms. The van der Waals surface area contributed by atoms with Gasteiger partial charge in [-0.05, 0) is 70.8 Å². The van der Waals surface area contributed by atoms with E-state index in [9.17, 15) is 0 Å². The van der Waals surface area contributed by atoms with Gasteiger partial charge in [0.1, 0.15) is 0 Å². The third-order valence-corrected chi connectivity index (χ3v) is 4.35. The van der Waals surface area contributed by atoms with E-state index in [1.165, 1.54) is 25.9 Å². The molecule has 0 radical (unpaired) electrons. The molecule has 2 rings (SSSR count). The van der Waals surface area contributed by atoms with Crippen molar-refractivity contribution in [2.24, 2.45) is 0 Å². The number of nitrogens with one attached hydrogen (secondary N) is 1. The maximum absolute atomic E-state index is 4.41. The fourth-order valence-corrected chi connectivity index (χ4v) is 3.39. The smallest absolute Gasteiger partial charge is 0.0684 e. The van der Waals surface area contributed by atoms with E-state index in [4.69, 9.17) is 0 Å². The van der Waals surface area contributed by atoms with E-state index in [2.05, 4.69) is 54.0 Å². The lowest BCUT2D eigenvalue weighted by Crippen LogP contribution is -2.37. The van der Waals surface area contributed by atoms with Crippen molar-refractivity contribution in [2.75, 3.05) is 19.6 Å². The molecule has 18 heavy (non-hydrogen) atoms. The normalized spacial score (nSPS) is 18.2. The summed E-state index contributed by atoms with van der Waals surface area (Å²) in [5.41, 5.74) is 1.06. The Balaban J connectivity index is 1.79. The monoisotopic (exact) mass is 375 g/mol. The lowest BCUT2D eigenvalue weighted by molar-refractivity contribution is 0.298. The Hall–Kier alpha value is 0.0300. The number of likely N-dealkylation sites (tertiary alicyclic amines) is 1. The molecule has 3 nitrogen and oxygen atoms in total. The molecule has 1 unspecified atom stereocenters. The fraction of sp³-hybridized carbons (Fsp3) is 0.615. The number of rotatable bonds is 5. The van der Waals surface area contributed by atoms with Crippen LogP contribution in [0.1, 0.15) is 25.5 Å². The van der Waals surface area contributed by atoms with E-state index in [0.29, 0.717) is 6.04 Å². The van der Waals surface area contributed by atoms with Gasteiger partial charge in [-0.2, -0.15) is 0 Å². The van der Waals surface area contributed by atoms with E-state index in [0.717, 1.165) is 27.7 Å². The molecule has 1 aromatic heterocycles. The maximum Gasteiger partial charge on any atom is 0.0684 e. The van der Waals surface area contributed by atoms with Crippen LogP contribution in [0.4, 0.5) is 0 Å². The van der Waals surface area contributed by atoms with Crippen molar-refractivity contribution in [1.82, 2.24) is 15.2 Å². The molecule has 1 atom stereocenters. The molecule has 1 saturated heterocycles. The molecule has 2 heterocycles. The summed E-state index contributed by atoms with van der Waals surface area (Å²) < 4.78 is 2.06. The highest BCUT2D eigenvalue weighted by Gasteiger charge is 2.14. The van der Waals surface area contributed by atoms with Crippen LogP contribution in [-0.4, -0.2) is 35.6 Å². The second-order valence-electron chi connectivity index (χ2n) is 4.87. The Morgan fingerprint density at radius 3 is 2.78 bits per heavy atom. The van der Waals surface area contributed by atoms with Crippen LogP contribution in [0.15, 0.2) is 21.2 Å². The molecule has 0 aromatic carbocycles. The van der Waals surface area contributed by atoms with Gasteiger partial charge in [0.05, 0.1) is 5.69 Å². The van der Waals surface area contributed by atoms with E-state index >= 15 is 0 Å². The Bertz CT molecular complexity index is 392. The van der Waals surface area contributed by atoms with Gasteiger partial charge >= 0.3 is 0 Å². The Kier molecular flexibility index (Phi) is 5.60. The average molecular weight is 377 g/mol. The van der Waals surface area contributed by atoms with Gasteiger partial charge in [-0.25, -0.2) is 0 Å². The zero-order valence-corrected chi connectivity index (χ0v) is 13.8. The number of hydrogen-bond acceptors (Lipinski definition) is 3. The Labute approximate surface area is 126 Å². The summed E-state index contributed by atoms with van der Waals surface area (Å²) in [6.45, 7) is 6.70. The summed E-state index contributed by atoms with van der Waals surface area (Å²) in [6.07, 6.45) is 4.55. The van der Waals surface area contributed by atoms with E-state index in [-0.39, 0.29) is 0 Å². The molecule has 5 heteroatoms. The summed E-state index contributed by atoms with van der Waals surface area (Å²) >= 11 is 6.96. The molecule has 0 bridgehead atoms. The zero-order valence-electron chi connectivity index (χ0n) is 10.6. The molecule has 1 fully saturated rings. The van der Waals surface area contributed by atoms with Crippen LogP contribution in [0.5, 0.6) is 0 Å². The van der Waals surface area contributed by atoms with Crippen molar-refractivity contribution in [1.29, 1.82) is 0 Å². The van der Waals surface area contributed by atoms with E-state index in [1.54, 1.807) is 0 Å². The maximum atomic E-state index is 4.41. The van der Waals surface area contributed by atoms with Gasteiger partial charge in [0.15, 0.2) is 0 Å². The lowest BCUT2D eigenvalue weighted by atomic mass is 10.3. The number of pyridine rings is 1. The quantitative estimate of drug-likeness (QED) is 0.855. The third kappa shape index (κ3) is 4.30. The van der Waals surface area contributed by atoms with E-state index < -0.39 is 0 Å². The van der Waals surface area contributed by atoms with Gasteiger partial charge < -0.3 is 10.2 Å². The number of nitrogens with zero attached hydrogens (tertiary/aromatic N) is 2. The summed E-state index contributed by atoms with van der Waals surface area (Å²) in [5, 5.41) is 3.54. The summed E-state index contributed by atoms with van der Waals surface area (Å²) in [5.74, 6) is 0. The molecule has 100 valence electrons. The highest BCUT2D eigenvalue weighted by Crippen LogP contribution is 2.19. The van der Waals surface area contributed by atoms with Gasteiger partial charge in [0, 0.05) is 34.3 Å². The second-order valence-corrected chi connectivity index (χ2v) is 6.64. The molecule has 0 saturated carbocycles. The van der Waals surface area contributed by atoms with Crippen LogP contribution in [-0.2, 0) is 6.54 Å². The van der Waals surface area contributed by atoms with Crippen molar-refractivity contribution >= 4 is 31.9 Å². The highest BCUT2D eigenvalue weighted by molar-refractivity contribution is 9.11. The first kappa shape index (κ1) is 14.4. The molecule has 0 aliphatic carbocycles. The molecule has 1 aromatic rings. The summed E-state index contributed by atoms with van der Waals surface area (Å²) in [6, 6.07) is 2.54. The van der Waals surface area contributed by atoms with Crippen LogP contribution < -0.4 is 5.32 Å². The molecule has 1 aliphatic rings. The van der Waals surface area contributed by atoms with Gasteiger partial charge in [0.25, 0.3) is 0 Å². The van der Waals surface area contributed by atoms with Gasteiger partial charge in [0.2, 0.25) is 0 Å². The molecule has 0 amide bonds. The third-order valence-electron chi connectivity index (χ3n) is 3.23. The van der Waals surface area contributed by atoms with Crippen molar-refractivity contribution in [3.8, 4) is 0 Å². The standard InChI is InChI=1S/C13H19Br2N3/c1-10(9-18-4-2-3-5-18)16-8-13-12(15)6-11(14)7-17-13/h6-7,10,16H,2-5,8-9H2,1H3. The van der Waals surface area contributed by atoms with Crippen LogP contribution in [0.25, 0.3) is 0 Å². The summed E-state index contributed by atoms with van der Waals surface area (Å²) in [7, 11) is 0. The van der Waals surface area contributed by atoms with Crippen molar-refractivity contribution in [3.05, 3.63) is 26.9 Å². The Morgan fingerprint density at radius 2 is 2.11 bits per heavy atom. The minimum Gasteiger partial charge on any atom is -0.307 e. The lowest BCUT2D eigenvalue weighted by Gasteiger charge is -2.21. The first-order chi connectivity index (χ1) is 8.65. The second kappa shape index (κ2) is 6.98. The highest BCUT2D eigenvalue weighted by atomic mass is 79.9. The predicted octanol–water partition coefficient (Wildman–Crippen LogP) is 3.18. The first-order valence-corrected chi connectivity index (χ1v) is 7.99. The van der Waals surface area contributed by atoms with Crippen molar-refractivity contribution < 1.29 is 0 Å². The molecular weight excluding hydrogens is 358 g/mol. The van der Waals surface area contributed by atoms with Crippen molar-refractivity contribution in [3.63, 3.8) is 0 Å².